The van der Waals surface area contributed by atoms with Gasteiger partial charge >= 0.3 is 0 Å². The summed E-state index contributed by atoms with van der Waals surface area (Å²) in [4.78, 5) is 4.21. The van der Waals surface area contributed by atoms with Gasteiger partial charge in [-0.15, -0.1) is 11.3 Å². The third-order valence-corrected chi connectivity index (χ3v) is 2.70. The first-order valence-electron chi connectivity index (χ1n) is 4.20. The molecule has 12 heavy (non-hydrogen) atoms. The molecular weight excluding hydrogens is 168 g/mol. The Bertz CT molecular complexity index is 246. The van der Waals surface area contributed by atoms with Crippen LogP contribution in [0.2, 0.25) is 0 Å². The van der Waals surface area contributed by atoms with E-state index in [-0.39, 0.29) is 0 Å². The van der Waals surface area contributed by atoms with Gasteiger partial charge in [-0.05, 0) is 12.8 Å². The van der Waals surface area contributed by atoms with Gasteiger partial charge in [0.15, 0.2) is 0 Å². The molecule has 1 aliphatic carbocycles. The summed E-state index contributed by atoms with van der Waals surface area (Å²) in [5.74, 6) is 0. The topological polar surface area (TPSA) is 24.9 Å². The first-order chi connectivity index (χ1) is 5.95. The predicted octanol–water partition coefficient (Wildman–Crippen LogP) is 1.95. The van der Waals surface area contributed by atoms with Crippen LogP contribution in [0.4, 0.5) is 0 Å². The van der Waals surface area contributed by atoms with Crippen LogP contribution in [0, 0.1) is 0 Å². The summed E-state index contributed by atoms with van der Waals surface area (Å²) in [6, 6.07) is 0.645. The Morgan fingerprint density at radius 2 is 2.33 bits per heavy atom. The van der Waals surface area contributed by atoms with Gasteiger partial charge in [-0.1, -0.05) is 12.2 Å². The fraction of sp³-hybridized carbons (Fsp3) is 0.444. The van der Waals surface area contributed by atoms with Gasteiger partial charge in [0.05, 0.1) is 11.2 Å². The lowest BCUT2D eigenvalue weighted by atomic mass is 10.2. The van der Waals surface area contributed by atoms with Gasteiger partial charge in [0.1, 0.15) is 0 Å². The Morgan fingerprint density at radius 3 is 3.00 bits per heavy atom. The van der Waals surface area contributed by atoms with Crippen molar-refractivity contribution in [3.05, 3.63) is 28.7 Å². The fourth-order valence-electron chi connectivity index (χ4n) is 1.36. The van der Waals surface area contributed by atoms with Gasteiger partial charge in [0.2, 0.25) is 0 Å². The zero-order valence-electron chi connectivity index (χ0n) is 6.86. The summed E-state index contributed by atoms with van der Waals surface area (Å²) < 4.78 is 0. The van der Waals surface area contributed by atoms with Crippen LogP contribution < -0.4 is 5.32 Å². The summed E-state index contributed by atoms with van der Waals surface area (Å²) >= 11 is 1.66. The van der Waals surface area contributed by atoms with E-state index in [2.05, 4.69) is 27.8 Å². The molecule has 1 N–H and O–H groups in total. The van der Waals surface area contributed by atoms with Crippen LogP contribution in [0.3, 0.4) is 0 Å². The minimum Gasteiger partial charge on any atom is -0.308 e. The van der Waals surface area contributed by atoms with E-state index >= 15 is 0 Å². The summed E-state index contributed by atoms with van der Waals surface area (Å²) in [5, 5.41) is 5.56. The van der Waals surface area contributed by atoms with Crippen molar-refractivity contribution in [2.24, 2.45) is 0 Å². The van der Waals surface area contributed by atoms with Crippen LogP contribution in [-0.2, 0) is 6.54 Å². The minimum atomic E-state index is 0.645. The lowest BCUT2D eigenvalue weighted by Gasteiger charge is -2.09. The summed E-state index contributed by atoms with van der Waals surface area (Å²) in [5.41, 5.74) is 3.04. The van der Waals surface area contributed by atoms with Crippen LogP contribution in [0.15, 0.2) is 23.0 Å². The fourth-order valence-corrected chi connectivity index (χ4v) is 1.92. The molecule has 0 saturated heterocycles. The number of hydrogen-bond donors (Lipinski definition) is 1. The molecule has 1 heterocycles. The zero-order chi connectivity index (χ0) is 8.23. The van der Waals surface area contributed by atoms with Crippen LogP contribution in [0.1, 0.15) is 18.5 Å². The van der Waals surface area contributed by atoms with E-state index < -0.39 is 0 Å². The number of thiazole rings is 1. The predicted molar refractivity (Wildman–Crippen MR) is 51.1 cm³/mol. The Balaban J connectivity index is 1.75. The summed E-state index contributed by atoms with van der Waals surface area (Å²) in [6.45, 7) is 0.913. The van der Waals surface area contributed by atoms with Crippen molar-refractivity contribution in [3.63, 3.8) is 0 Å². The molecule has 3 heteroatoms. The first kappa shape index (κ1) is 7.95. The van der Waals surface area contributed by atoms with Crippen molar-refractivity contribution in [2.45, 2.75) is 25.4 Å². The van der Waals surface area contributed by atoms with Gasteiger partial charge in [-0.3, -0.25) is 0 Å². The molecule has 0 fully saturated rings. The highest BCUT2D eigenvalue weighted by Crippen LogP contribution is 2.10. The molecule has 0 amide bonds. The van der Waals surface area contributed by atoms with Gasteiger partial charge in [-0.25, -0.2) is 4.98 Å². The van der Waals surface area contributed by atoms with E-state index in [9.17, 15) is 0 Å². The van der Waals surface area contributed by atoms with Crippen molar-refractivity contribution in [3.8, 4) is 0 Å². The van der Waals surface area contributed by atoms with Gasteiger partial charge in [0, 0.05) is 18.0 Å². The maximum absolute atomic E-state index is 4.21. The molecule has 2 rings (SSSR count). The molecule has 1 aromatic rings. The molecule has 0 unspecified atom stereocenters. The van der Waals surface area contributed by atoms with E-state index in [0.717, 1.165) is 12.2 Å². The van der Waals surface area contributed by atoms with Crippen LogP contribution in [-0.4, -0.2) is 11.0 Å². The Morgan fingerprint density at radius 1 is 1.50 bits per heavy atom. The highest BCUT2D eigenvalue weighted by atomic mass is 32.1. The van der Waals surface area contributed by atoms with Crippen molar-refractivity contribution in [2.75, 3.05) is 0 Å². The normalized spacial score (nSPS) is 17.3. The molecule has 2 nitrogen and oxygen atoms in total. The van der Waals surface area contributed by atoms with E-state index in [0.29, 0.717) is 6.04 Å². The molecule has 0 aromatic carbocycles. The van der Waals surface area contributed by atoms with Gasteiger partial charge < -0.3 is 5.32 Å². The van der Waals surface area contributed by atoms with Crippen molar-refractivity contribution in [1.29, 1.82) is 0 Å². The monoisotopic (exact) mass is 180 g/mol. The molecule has 0 radical (unpaired) electrons. The van der Waals surface area contributed by atoms with Crippen LogP contribution >= 0.6 is 11.3 Å². The average Bonchev–Trinajstić information content (AvgIpc) is 2.74. The molecule has 0 atom stereocenters. The second-order valence-corrected chi connectivity index (χ2v) is 3.72. The Hall–Kier alpha value is -0.670. The standard InChI is InChI=1S/C9H12N2S/c1-2-4-8(3-1)10-5-9-6-12-7-11-9/h1-2,6-8,10H,3-5H2. The molecule has 64 valence electrons. The number of aromatic nitrogens is 1. The third kappa shape index (κ3) is 1.93. The second-order valence-electron chi connectivity index (χ2n) is 3.00. The van der Waals surface area contributed by atoms with E-state index in [1.165, 1.54) is 12.8 Å². The Kier molecular flexibility index (Phi) is 2.54. The highest BCUT2D eigenvalue weighted by molar-refractivity contribution is 7.07. The molecule has 0 spiro atoms. The van der Waals surface area contributed by atoms with Crippen LogP contribution in [0.5, 0.6) is 0 Å². The Labute approximate surface area is 76.3 Å². The molecule has 1 aromatic heterocycles. The largest absolute Gasteiger partial charge is 0.308 e. The molecule has 0 saturated carbocycles. The van der Waals surface area contributed by atoms with Crippen molar-refractivity contribution >= 4 is 11.3 Å². The maximum atomic E-state index is 4.21. The molecule has 0 aliphatic heterocycles. The number of nitrogens with zero attached hydrogens (tertiary/aromatic N) is 1. The number of nitrogens with one attached hydrogen (secondary N) is 1. The minimum absolute atomic E-state index is 0.645. The van der Waals surface area contributed by atoms with E-state index in [4.69, 9.17) is 0 Å². The summed E-state index contributed by atoms with van der Waals surface area (Å²) in [6.07, 6.45) is 6.81. The third-order valence-electron chi connectivity index (χ3n) is 2.06. The van der Waals surface area contributed by atoms with Gasteiger partial charge in [0.25, 0.3) is 0 Å². The number of hydrogen-bond acceptors (Lipinski definition) is 3. The second kappa shape index (κ2) is 3.83. The molecule has 0 bridgehead atoms. The van der Waals surface area contributed by atoms with E-state index in [1.54, 1.807) is 11.3 Å². The first-order valence-corrected chi connectivity index (χ1v) is 5.15. The average molecular weight is 180 g/mol. The van der Waals surface area contributed by atoms with Crippen molar-refractivity contribution in [1.82, 2.24) is 10.3 Å². The summed E-state index contributed by atoms with van der Waals surface area (Å²) in [7, 11) is 0. The highest BCUT2D eigenvalue weighted by Gasteiger charge is 2.08. The van der Waals surface area contributed by atoms with Gasteiger partial charge in [-0.2, -0.15) is 0 Å². The lowest BCUT2D eigenvalue weighted by molar-refractivity contribution is 0.534. The molecule has 1 aliphatic rings. The maximum Gasteiger partial charge on any atom is 0.0795 e. The molecular formula is C9H12N2S. The number of rotatable bonds is 3. The smallest absolute Gasteiger partial charge is 0.0795 e. The quantitative estimate of drug-likeness (QED) is 0.719. The van der Waals surface area contributed by atoms with Crippen molar-refractivity contribution < 1.29 is 0 Å². The van der Waals surface area contributed by atoms with Crippen LogP contribution in [0.25, 0.3) is 0 Å². The lowest BCUT2D eigenvalue weighted by Crippen LogP contribution is -2.25. The van der Waals surface area contributed by atoms with E-state index in [1.807, 2.05) is 5.51 Å². The zero-order valence-corrected chi connectivity index (χ0v) is 7.68. The SMILES string of the molecule is C1=CCC(NCc2cscn2)C1.